The molecule has 3 heteroatoms. The highest BCUT2D eigenvalue weighted by Crippen LogP contribution is 2.40. The molecule has 88 valence electrons. The maximum Gasteiger partial charge on any atom is 0.126 e. The number of rotatable bonds is 2. The summed E-state index contributed by atoms with van der Waals surface area (Å²) in [4.78, 5) is 0. The van der Waals surface area contributed by atoms with Gasteiger partial charge >= 0.3 is 0 Å². The molecule has 2 unspecified atom stereocenters. The Balaban J connectivity index is 2.14. The van der Waals surface area contributed by atoms with E-state index in [1.165, 1.54) is 12.1 Å². The van der Waals surface area contributed by atoms with Gasteiger partial charge in [-0.3, -0.25) is 0 Å². The number of aliphatic hydroxyl groups excluding tert-OH is 1. The molecule has 0 spiro atoms. The third-order valence-electron chi connectivity index (χ3n) is 3.36. The SMILES string of the molecule is CC1(Cc2cc(F)cc(F)c2)CCC(O)C1. The van der Waals surface area contributed by atoms with Gasteiger partial charge in [-0.05, 0) is 48.8 Å². The molecule has 16 heavy (non-hydrogen) atoms. The van der Waals surface area contributed by atoms with E-state index in [1.807, 2.05) is 0 Å². The minimum absolute atomic E-state index is 0.0281. The molecule has 1 fully saturated rings. The highest BCUT2D eigenvalue weighted by atomic mass is 19.1. The quantitative estimate of drug-likeness (QED) is 0.821. The van der Waals surface area contributed by atoms with Crippen molar-refractivity contribution < 1.29 is 13.9 Å². The van der Waals surface area contributed by atoms with Crippen LogP contribution in [0.15, 0.2) is 18.2 Å². The first kappa shape index (κ1) is 11.5. The number of hydrogen-bond acceptors (Lipinski definition) is 1. The largest absolute Gasteiger partial charge is 0.393 e. The average molecular weight is 226 g/mol. The Kier molecular flexibility index (Phi) is 2.98. The highest BCUT2D eigenvalue weighted by molar-refractivity contribution is 5.19. The fraction of sp³-hybridized carbons (Fsp3) is 0.538. The summed E-state index contributed by atoms with van der Waals surface area (Å²) in [6.45, 7) is 2.06. The van der Waals surface area contributed by atoms with E-state index >= 15 is 0 Å². The van der Waals surface area contributed by atoms with Gasteiger partial charge in [0.2, 0.25) is 0 Å². The van der Waals surface area contributed by atoms with Gasteiger partial charge < -0.3 is 5.11 Å². The van der Waals surface area contributed by atoms with Crippen molar-refractivity contribution >= 4 is 0 Å². The summed E-state index contributed by atoms with van der Waals surface area (Å²) in [7, 11) is 0. The third kappa shape index (κ3) is 2.59. The van der Waals surface area contributed by atoms with Crippen molar-refractivity contribution in [3.8, 4) is 0 Å². The van der Waals surface area contributed by atoms with Crippen molar-refractivity contribution in [3.63, 3.8) is 0 Å². The molecule has 0 aromatic heterocycles. The summed E-state index contributed by atoms with van der Waals surface area (Å²) in [5.41, 5.74) is 0.647. The van der Waals surface area contributed by atoms with Crippen LogP contribution in [0.2, 0.25) is 0 Å². The summed E-state index contributed by atoms with van der Waals surface area (Å²) in [6, 6.07) is 3.63. The van der Waals surface area contributed by atoms with Crippen molar-refractivity contribution in [3.05, 3.63) is 35.4 Å². The number of benzene rings is 1. The lowest BCUT2D eigenvalue weighted by Gasteiger charge is -2.23. The second-order valence-electron chi connectivity index (χ2n) is 5.16. The topological polar surface area (TPSA) is 20.2 Å². The summed E-state index contributed by atoms with van der Waals surface area (Å²) in [5.74, 6) is -1.06. The molecule has 0 aliphatic heterocycles. The van der Waals surface area contributed by atoms with Crippen LogP contribution in [-0.2, 0) is 6.42 Å². The van der Waals surface area contributed by atoms with Crippen LogP contribution in [0.1, 0.15) is 31.7 Å². The van der Waals surface area contributed by atoms with Crippen LogP contribution in [0.25, 0.3) is 0 Å². The molecular weight excluding hydrogens is 210 g/mol. The van der Waals surface area contributed by atoms with E-state index in [-0.39, 0.29) is 11.5 Å². The minimum atomic E-state index is -0.530. The van der Waals surface area contributed by atoms with Gasteiger partial charge in [-0.2, -0.15) is 0 Å². The normalized spacial score (nSPS) is 29.6. The molecule has 2 rings (SSSR count). The summed E-state index contributed by atoms with van der Waals surface area (Å²) < 4.78 is 26.0. The third-order valence-corrected chi connectivity index (χ3v) is 3.36. The lowest BCUT2D eigenvalue weighted by atomic mass is 9.82. The first-order valence-corrected chi connectivity index (χ1v) is 5.60. The minimum Gasteiger partial charge on any atom is -0.393 e. The van der Waals surface area contributed by atoms with Gasteiger partial charge in [-0.15, -0.1) is 0 Å². The first-order chi connectivity index (χ1) is 7.47. The fourth-order valence-electron chi connectivity index (χ4n) is 2.65. The lowest BCUT2D eigenvalue weighted by molar-refractivity contribution is 0.163. The van der Waals surface area contributed by atoms with Crippen LogP contribution < -0.4 is 0 Å². The summed E-state index contributed by atoms with van der Waals surface area (Å²) >= 11 is 0. The van der Waals surface area contributed by atoms with Crippen LogP contribution in [0.5, 0.6) is 0 Å². The maximum atomic E-state index is 13.0. The molecule has 1 N–H and O–H groups in total. The van der Waals surface area contributed by atoms with E-state index < -0.39 is 11.6 Å². The van der Waals surface area contributed by atoms with Crippen molar-refractivity contribution in [1.82, 2.24) is 0 Å². The molecule has 0 saturated heterocycles. The fourth-order valence-corrected chi connectivity index (χ4v) is 2.65. The molecule has 2 atom stereocenters. The number of halogens is 2. The maximum absolute atomic E-state index is 13.0. The van der Waals surface area contributed by atoms with Gasteiger partial charge in [-0.25, -0.2) is 8.78 Å². The highest BCUT2D eigenvalue weighted by Gasteiger charge is 2.34. The van der Waals surface area contributed by atoms with Gasteiger partial charge in [0, 0.05) is 6.07 Å². The summed E-state index contributed by atoms with van der Waals surface area (Å²) in [6.07, 6.45) is 2.77. The standard InChI is InChI=1S/C13H16F2O/c1-13(3-2-12(16)8-13)7-9-4-10(14)6-11(15)5-9/h4-6,12,16H,2-3,7-8H2,1H3. The van der Waals surface area contributed by atoms with Gasteiger partial charge in [0.1, 0.15) is 11.6 Å². The molecule has 0 heterocycles. The first-order valence-electron chi connectivity index (χ1n) is 5.60. The van der Waals surface area contributed by atoms with Crippen LogP contribution in [-0.4, -0.2) is 11.2 Å². The second-order valence-corrected chi connectivity index (χ2v) is 5.16. The molecule has 1 aromatic carbocycles. The van der Waals surface area contributed by atoms with E-state index in [0.29, 0.717) is 18.4 Å². The second kappa shape index (κ2) is 4.13. The Morgan fingerprint density at radius 3 is 2.44 bits per heavy atom. The van der Waals surface area contributed by atoms with Crippen LogP contribution in [0, 0.1) is 17.0 Å². The van der Waals surface area contributed by atoms with E-state index in [2.05, 4.69) is 6.92 Å². The molecule has 1 aliphatic rings. The van der Waals surface area contributed by atoms with Gasteiger partial charge in [0.25, 0.3) is 0 Å². The number of hydrogen-bond donors (Lipinski definition) is 1. The Labute approximate surface area is 94.1 Å². The van der Waals surface area contributed by atoms with E-state index in [0.717, 1.165) is 18.9 Å². The number of aliphatic hydroxyl groups is 1. The molecule has 1 aliphatic carbocycles. The Bertz CT molecular complexity index is 371. The Morgan fingerprint density at radius 2 is 1.94 bits per heavy atom. The molecule has 0 bridgehead atoms. The smallest absolute Gasteiger partial charge is 0.126 e. The molecule has 1 nitrogen and oxygen atoms in total. The molecule has 0 amide bonds. The van der Waals surface area contributed by atoms with E-state index in [9.17, 15) is 13.9 Å². The Morgan fingerprint density at radius 1 is 1.31 bits per heavy atom. The van der Waals surface area contributed by atoms with Gasteiger partial charge in [-0.1, -0.05) is 6.92 Å². The van der Waals surface area contributed by atoms with Crippen LogP contribution in [0.3, 0.4) is 0 Å². The van der Waals surface area contributed by atoms with Crippen molar-refractivity contribution in [2.45, 2.75) is 38.7 Å². The predicted octanol–water partition coefficient (Wildman–Crippen LogP) is 3.06. The predicted molar refractivity (Wildman–Crippen MR) is 58.0 cm³/mol. The molecule has 1 aromatic rings. The van der Waals surface area contributed by atoms with E-state index in [1.54, 1.807) is 0 Å². The van der Waals surface area contributed by atoms with Gasteiger partial charge in [0.15, 0.2) is 0 Å². The molecule has 0 radical (unpaired) electrons. The van der Waals surface area contributed by atoms with Crippen molar-refractivity contribution in [2.75, 3.05) is 0 Å². The zero-order valence-corrected chi connectivity index (χ0v) is 9.34. The zero-order chi connectivity index (χ0) is 11.8. The summed E-state index contributed by atoms with van der Waals surface area (Å²) in [5, 5.41) is 9.50. The molecular formula is C13H16F2O. The lowest BCUT2D eigenvalue weighted by Crippen LogP contribution is -2.17. The zero-order valence-electron chi connectivity index (χ0n) is 9.34. The van der Waals surface area contributed by atoms with E-state index in [4.69, 9.17) is 0 Å². The van der Waals surface area contributed by atoms with Crippen molar-refractivity contribution in [1.29, 1.82) is 0 Å². The average Bonchev–Trinajstić information content (AvgIpc) is 2.43. The molecule has 1 saturated carbocycles. The van der Waals surface area contributed by atoms with Crippen LogP contribution >= 0.6 is 0 Å². The van der Waals surface area contributed by atoms with Gasteiger partial charge in [0.05, 0.1) is 6.10 Å². The monoisotopic (exact) mass is 226 g/mol. The Hall–Kier alpha value is -0.960. The van der Waals surface area contributed by atoms with Crippen molar-refractivity contribution in [2.24, 2.45) is 5.41 Å². The van der Waals surface area contributed by atoms with Crippen LogP contribution in [0.4, 0.5) is 8.78 Å².